The molecule has 0 radical (unpaired) electrons. The molecule has 0 atom stereocenters. The van der Waals surface area contributed by atoms with Crippen molar-refractivity contribution in [3.8, 4) is 56.6 Å². The molecule has 0 spiro atoms. The zero-order valence-electron chi connectivity index (χ0n) is 54.0. The van der Waals surface area contributed by atoms with E-state index in [2.05, 4.69) is 157 Å². The normalized spacial score (nSPS) is 13.5. The van der Waals surface area contributed by atoms with Crippen molar-refractivity contribution in [2.75, 3.05) is 0 Å². The quantitative estimate of drug-likeness (QED) is 0.0956. The Labute approximate surface area is 495 Å². The summed E-state index contributed by atoms with van der Waals surface area (Å²) in [5, 5.41) is 1.25. The molecule has 0 aliphatic heterocycles. The van der Waals surface area contributed by atoms with Crippen LogP contribution in [0.3, 0.4) is 0 Å². The number of aromatic nitrogens is 5. The molecule has 0 amide bonds. The van der Waals surface area contributed by atoms with Crippen LogP contribution in [0.25, 0.3) is 99.8 Å². The first-order valence-corrected chi connectivity index (χ1v) is 27.2. The Morgan fingerprint density at radius 2 is 1.20 bits per heavy atom. The largest absolute Gasteiger partial charge is 0.510 e. The van der Waals surface area contributed by atoms with E-state index < -0.39 is 48.3 Å². The van der Waals surface area contributed by atoms with Gasteiger partial charge in [0.2, 0.25) is 0 Å². The summed E-state index contributed by atoms with van der Waals surface area (Å²) in [6, 6.07) is 55.0. The molecule has 4 aromatic heterocycles. The van der Waals surface area contributed by atoms with Crippen LogP contribution in [0.1, 0.15) is 102 Å². The summed E-state index contributed by atoms with van der Waals surface area (Å²) in [7, 11) is 0. The van der Waals surface area contributed by atoms with E-state index in [9.17, 15) is 5.48 Å². The Morgan fingerprint density at radius 3 is 1.89 bits per heavy atom. The molecule has 0 saturated heterocycles. The van der Waals surface area contributed by atoms with Gasteiger partial charge in [0.05, 0.1) is 38.7 Å². The first-order valence-electron chi connectivity index (χ1n) is 31.2. The first-order chi connectivity index (χ1) is 41.7. The van der Waals surface area contributed by atoms with Crippen LogP contribution >= 0.6 is 0 Å². The van der Waals surface area contributed by atoms with Gasteiger partial charge in [0.25, 0.3) is 6.33 Å². The van der Waals surface area contributed by atoms with Crippen LogP contribution in [0, 0.1) is 18.5 Å². The molecule has 0 aliphatic rings. The summed E-state index contributed by atoms with van der Waals surface area (Å²) in [5.41, 5.74) is 12.5. The van der Waals surface area contributed by atoms with E-state index >= 15 is 0 Å². The van der Waals surface area contributed by atoms with Gasteiger partial charge in [-0.3, -0.25) is 4.57 Å². The molecule has 7 heteroatoms. The number of imidazole rings is 1. The summed E-state index contributed by atoms with van der Waals surface area (Å²) >= 11 is 0. The second-order valence-corrected chi connectivity index (χ2v) is 22.5. The fourth-order valence-corrected chi connectivity index (χ4v) is 11.3. The van der Waals surface area contributed by atoms with Gasteiger partial charge in [-0.2, -0.15) is 12.1 Å². The molecule has 13 rings (SSSR count). The van der Waals surface area contributed by atoms with Gasteiger partial charge in [0.15, 0.2) is 0 Å². The third-order valence-electron chi connectivity index (χ3n) is 15.5. The Balaban J connectivity index is 0.00000754. The Bertz CT molecular complexity index is 4840. The van der Waals surface area contributed by atoms with E-state index in [0.717, 1.165) is 68.3 Å². The van der Waals surface area contributed by atoms with Crippen LogP contribution in [-0.2, 0) is 31.9 Å². The molecule has 0 N–H and O–H groups in total. The van der Waals surface area contributed by atoms with E-state index in [0.29, 0.717) is 33.8 Å². The molecule has 0 fully saturated rings. The van der Waals surface area contributed by atoms with E-state index in [1.807, 2.05) is 82.1 Å². The fourth-order valence-electron chi connectivity index (χ4n) is 11.3. The summed E-state index contributed by atoms with van der Waals surface area (Å²) in [5.74, 6) is 1.38. The van der Waals surface area contributed by atoms with Crippen molar-refractivity contribution in [2.24, 2.45) is 0 Å². The van der Waals surface area contributed by atoms with Crippen molar-refractivity contribution in [2.45, 2.75) is 85.0 Å². The van der Waals surface area contributed by atoms with E-state index in [1.165, 1.54) is 11.1 Å². The molecule has 4 heterocycles. The maximum atomic E-state index is 9.54. The van der Waals surface area contributed by atoms with Gasteiger partial charge in [0.1, 0.15) is 5.82 Å². The van der Waals surface area contributed by atoms with Gasteiger partial charge in [-0.1, -0.05) is 212 Å². The van der Waals surface area contributed by atoms with Crippen LogP contribution < -0.4 is 9.30 Å². The number of para-hydroxylation sites is 6. The van der Waals surface area contributed by atoms with Crippen molar-refractivity contribution in [3.05, 3.63) is 241 Å². The molecular weight excluding hydrogens is 1160 g/mol. The van der Waals surface area contributed by atoms with Gasteiger partial charge in [-0.05, 0) is 116 Å². The fraction of sp³-hybridized carbons (Fsp3) is 0.178. The van der Waals surface area contributed by atoms with Gasteiger partial charge < -0.3 is 18.4 Å². The molecule has 398 valence electrons. The average molecular weight is 1230 g/mol. The Hall–Kier alpha value is -8.31. The van der Waals surface area contributed by atoms with Crippen LogP contribution in [0.15, 0.2) is 206 Å². The van der Waals surface area contributed by atoms with E-state index in [-0.39, 0.29) is 65.4 Å². The number of hydrogen-bond acceptors (Lipinski definition) is 2. The van der Waals surface area contributed by atoms with E-state index in [4.69, 9.17) is 15.2 Å². The number of hydrogen-bond donors (Lipinski definition) is 0. The van der Waals surface area contributed by atoms with Crippen molar-refractivity contribution in [1.29, 1.82) is 0 Å². The molecular formula is C73H63N5OPt-2. The van der Waals surface area contributed by atoms with Crippen molar-refractivity contribution in [3.63, 3.8) is 0 Å². The summed E-state index contributed by atoms with van der Waals surface area (Å²) in [6.45, 7) is 17.9. The van der Waals surface area contributed by atoms with Crippen molar-refractivity contribution < 1.29 is 41.3 Å². The summed E-state index contributed by atoms with van der Waals surface area (Å²) in [4.78, 5) is 4.98. The maximum absolute atomic E-state index is 9.54. The van der Waals surface area contributed by atoms with Crippen LogP contribution in [0.5, 0.6) is 11.5 Å². The van der Waals surface area contributed by atoms with Crippen LogP contribution in [0.2, 0.25) is 0 Å². The summed E-state index contributed by atoms with van der Waals surface area (Å²) in [6.07, 6.45) is 7.46. The number of nitrogens with zero attached hydrogens (tertiary/aromatic N) is 5. The zero-order valence-corrected chi connectivity index (χ0v) is 48.2. The number of pyridine rings is 1. The topological polar surface area (TPSA) is 40.8 Å². The SMILES string of the molecule is [2H]c1c([2H])c([2H])c2c(c1[2H])c1c([2H])c([2H])c([2H])c([2H])c1n2-c1cc(Oc2[c-]c(-n3[c-][n+](-c4c(-c5ccccc5)cccc4-c4cc(C(C)(C)C)cc(C(C)(C)C)c4)c4ccccc43)ccc2)[c-]c2c1c1ccccc1n2-c1cc(C(CC)CC)ccn1.[Pt]. The third-order valence-corrected chi connectivity index (χ3v) is 15.5. The number of rotatable bonds is 11. The summed E-state index contributed by atoms with van der Waals surface area (Å²) < 4.78 is 88.0. The maximum Gasteiger partial charge on any atom is 0.268 e. The second kappa shape index (κ2) is 20.7. The number of ether oxygens (including phenoxy) is 1. The van der Waals surface area contributed by atoms with Crippen molar-refractivity contribution >= 4 is 54.6 Å². The smallest absolute Gasteiger partial charge is 0.268 e. The Morgan fingerprint density at radius 1 is 0.575 bits per heavy atom. The average Bonchev–Trinajstić information content (AvgIpc) is 1.61. The molecule has 0 saturated carbocycles. The third kappa shape index (κ3) is 9.14. The van der Waals surface area contributed by atoms with E-state index in [1.54, 1.807) is 10.6 Å². The molecule has 6 nitrogen and oxygen atoms in total. The molecule has 13 aromatic rings. The minimum absolute atomic E-state index is 0. The molecule has 0 unspecified atom stereocenters. The predicted molar refractivity (Wildman–Crippen MR) is 326 cm³/mol. The minimum atomic E-state index is -0.524. The Kier molecular flexibility index (Phi) is 11.3. The molecule has 0 aliphatic carbocycles. The van der Waals surface area contributed by atoms with Crippen LogP contribution in [-0.4, -0.2) is 18.7 Å². The van der Waals surface area contributed by atoms with Gasteiger partial charge >= 0.3 is 0 Å². The van der Waals surface area contributed by atoms with Gasteiger partial charge in [-0.25, -0.2) is 4.98 Å². The standard InChI is InChI=1S/C73H63N5O.Pt/c1-9-48(10-2)50-38-39-74-69(42-50)78-64-35-19-16-30-61(64)70-67(77-62-33-17-14-28-59(62)60-29-15-18-34-63(60)77)45-56(46-68(70)78)79-55-27-22-26-54(44-55)75-47-76(66-37-21-20-36-65(66)75)71-57(49-24-12-11-13-25-49)31-23-32-58(71)51-40-52(72(3,4)5)43-53(41-51)73(6,7)8;/h11-43,45,48H,9-10H2,1-8H3;/q-2;/i14D,15D,17D,18D,28D,29D,33D,34D;. The van der Waals surface area contributed by atoms with Gasteiger partial charge in [-0.15, -0.1) is 24.3 Å². The minimum Gasteiger partial charge on any atom is -0.510 e. The molecule has 9 aromatic carbocycles. The predicted octanol–water partition coefficient (Wildman–Crippen LogP) is 18.5. The first kappa shape index (κ1) is 43.6. The number of benzene rings is 9. The monoisotopic (exact) mass is 1230 g/mol. The zero-order chi connectivity index (χ0) is 61.1. The van der Waals surface area contributed by atoms with Crippen molar-refractivity contribution in [1.82, 2.24) is 18.7 Å². The molecule has 0 bridgehead atoms. The van der Waals surface area contributed by atoms with Gasteiger partial charge in [0, 0.05) is 55.1 Å². The molecule has 80 heavy (non-hydrogen) atoms. The van der Waals surface area contributed by atoms with Crippen LogP contribution in [0.4, 0.5) is 0 Å². The number of fused-ring (bicyclic) bond motifs is 7. The second-order valence-electron chi connectivity index (χ2n) is 22.5.